The summed E-state index contributed by atoms with van der Waals surface area (Å²) in [6.07, 6.45) is 0. The summed E-state index contributed by atoms with van der Waals surface area (Å²) in [4.78, 5) is 47.0. The van der Waals surface area contributed by atoms with E-state index in [0.717, 1.165) is 47.0 Å². The second kappa shape index (κ2) is 22.4. The number of azo groups is 4. The maximum Gasteiger partial charge on any atom is 0.335 e. The smallest absolute Gasteiger partial charge is 0.335 e. The van der Waals surface area contributed by atoms with Gasteiger partial charge in [-0.3, -0.25) is 0 Å². The van der Waals surface area contributed by atoms with Crippen LogP contribution in [0.15, 0.2) is 226 Å². The highest BCUT2D eigenvalue weighted by Gasteiger charge is 2.24. The van der Waals surface area contributed by atoms with Gasteiger partial charge in [0.15, 0.2) is 0 Å². The van der Waals surface area contributed by atoms with Gasteiger partial charge in [-0.2, -0.15) is 40.9 Å². The zero-order valence-electron chi connectivity index (χ0n) is 38.3. The molecule has 0 spiro atoms. The summed E-state index contributed by atoms with van der Waals surface area (Å²) in [5, 5.41) is 121. The van der Waals surface area contributed by atoms with Gasteiger partial charge in [0, 0.05) is 0 Å². The van der Waals surface area contributed by atoms with E-state index < -0.39 is 23.9 Å². The molecule has 20 nitrogen and oxygen atoms in total. The molecule has 0 unspecified atom stereocenters. The predicted octanol–water partition coefficient (Wildman–Crippen LogP) is 15.9. The number of aromatic carboxylic acids is 4. The van der Waals surface area contributed by atoms with Crippen LogP contribution in [0.25, 0.3) is 0 Å². The van der Waals surface area contributed by atoms with Crippen LogP contribution in [0.4, 0.5) is 45.5 Å². The third-order valence-electron chi connectivity index (χ3n) is 10.6. The molecule has 76 heavy (non-hydrogen) atoms. The van der Waals surface area contributed by atoms with Crippen molar-refractivity contribution >= 4 is 116 Å². The van der Waals surface area contributed by atoms with Crippen LogP contribution in [0.3, 0.4) is 0 Å². The topological polar surface area (TPSA) is 329 Å². The first-order valence-corrected chi connectivity index (χ1v) is 25.0. The van der Waals surface area contributed by atoms with E-state index in [9.17, 15) is 60.0 Å². The van der Waals surface area contributed by atoms with Crippen molar-refractivity contribution in [1.29, 1.82) is 0 Å². The van der Waals surface area contributed by atoms with Gasteiger partial charge >= 0.3 is 23.9 Å². The average molecular weight is 1090 g/mol. The Kier molecular flexibility index (Phi) is 15.2. The highest BCUT2D eigenvalue weighted by atomic mass is 32.2. The van der Waals surface area contributed by atoms with E-state index >= 15 is 0 Å². The number of aromatic hydroxyl groups is 4. The maximum atomic E-state index is 12.1. The number of benzene rings is 8. The summed E-state index contributed by atoms with van der Waals surface area (Å²) in [6.45, 7) is 0. The van der Waals surface area contributed by atoms with Crippen molar-refractivity contribution in [2.75, 3.05) is 0 Å². The van der Waals surface area contributed by atoms with E-state index in [1.807, 2.05) is 0 Å². The minimum absolute atomic E-state index is 0.0291. The third kappa shape index (κ3) is 12.2. The fraction of sp³-hybridized carbons (Fsp3) is 0. The minimum atomic E-state index is -1.13. The van der Waals surface area contributed by atoms with E-state index in [-0.39, 0.29) is 107 Å². The Morgan fingerprint density at radius 3 is 0.539 bits per heavy atom. The number of carbonyl (C=O) groups is 4. The van der Waals surface area contributed by atoms with Crippen molar-refractivity contribution in [3.63, 3.8) is 0 Å². The molecule has 0 saturated heterocycles. The van der Waals surface area contributed by atoms with Crippen LogP contribution in [-0.4, -0.2) is 64.7 Å². The van der Waals surface area contributed by atoms with Crippen molar-refractivity contribution in [2.45, 2.75) is 39.2 Å². The molecule has 0 saturated carbocycles. The molecule has 0 aliphatic carbocycles. The second-order valence-corrected chi connectivity index (χ2v) is 20.1. The van der Waals surface area contributed by atoms with Crippen molar-refractivity contribution in [3.05, 3.63) is 168 Å². The number of carboxylic acid groups (broad SMARTS) is 4. The van der Waals surface area contributed by atoms with E-state index in [1.165, 1.54) is 146 Å². The van der Waals surface area contributed by atoms with Crippen LogP contribution < -0.4 is 0 Å². The summed E-state index contributed by atoms with van der Waals surface area (Å²) in [7, 11) is 0. The van der Waals surface area contributed by atoms with Crippen molar-refractivity contribution < 1.29 is 60.0 Å². The van der Waals surface area contributed by atoms with E-state index in [4.69, 9.17) is 0 Å². The van der Waals surface area contributed by atoms with Crippen molar-refractivity contribution in [1.82, 2.24) is 0 Å². The lowest BCUT2D eigenvalue weighted by Crippen LogP contribution is -1.93. The van der Waals surface area contributed by atoms with E-state index in [1.54, 1.807) is 0 Å². The maximum absolute atomic E-state index is 12.1. The first-order chi connectivity index (χ1) is 36.5. The lowest BCUT2D eigenvalue weighted by Gasteiger charge is -2.17. The number of hydrogen-bond donors (Lipinski definition) is 8. The van der Waals surface area contributed by atoms with Crippen LogP contribution in [0, 0.1) is 0 Å². The second-order valence-electron chi connectivity index (χ2n) is 15.8. The minimum Gasteiger partial charge on any atom is -0.506 e. The third-order valence-corrected chi connectivity index (χ3v) is 14.8. The molecule has 376 valence electrons. The van der Waals surface area contributed by atoms with Gasteiger partial charge in [-0.1, -0.05) is 47.0 Å². The highest BCUT2D eigenvalue weighted by molar-refractivity contribution is 8.01. The van der Waals surface area contributed by atoms with Crippen LogP contribution in [0.2, 0.25) is 0 Å². The molecule has 8 aromatic carbocycles. The number of hydrogen-bond acceptors (Lipinski definition) is 20. The molecule has 9 rings (SSSR count). The molecule has 8 aromatic rings. The van der Waals surface area contributed by atoms with E-state index in [0.29, 0.717) is 22.7 Å². The number of phenols is 4. The summed E-state index contributed by atoms with van der Waals surface area (Å²) in [5.74, 6) is -5.81. The van der Waals surface area contributed by atoms with Gasteiger partial charge < -0.3 is 40.9 Å². The van der Waals surface area contributed by atoms with Gasteiger partial charge in [-0.15, -0.1) is 0 Å². The zero-order valence-corrected chi connectivity index (χ0v) is 41.5. The monoisotopic (exact) mass is 1090 g/mol. The highest BCUT2D eigenvalue weighted by Crippen LogP contribution is 2.55. The zero-order chi connectivity index (χ0) is 53.6. The quantitative estimate of drug-likeness (QED) is 0.0527. The Balaban J connectivity index is 1.22. The molecule has 1 aliphatic rings. The molecule has 0 radical (unpaired) electrons. The Morgan fingerprint density at radius 1 is 0.250 bits per heavy atom. The Morgan fingerprint density at radius 2 is 0.395 bits per heavy atom. The summed E-state index contributed by atoms with van der Waals surface area (Å²) in [5.41, 5.74) is 2.01. The molecule has 24 heteroatoms. The molecule has 8 bridgehead atoms. The standard InChI is InChI=1S/C52H32N8O12S4/c61-45-37-17-33(57-53-29-9-1-25(2-10-29)49(65)66)18-38(45)74-40-20-35(59-55-31-13-5-27(6-14-31)51(69)70)22-42(47(40)63)76-44-24-36(60-56-32-15-7-28(8-16-32)52(71)72)23-43(48(44)64)75-41-21-34(19-39(73-37)46(41)62)58-54-30-11-3-26(4-12-30)50(67)68/h1-24,61-64H,(H,65,66)(H,67,68)(H,69,70)(H,71,72). The molecular weight excluding hydrogens is 1060 g/mol. The number of phenolic OH excluding ortho intramolecular Hbond substituents is 4. The number of rotatable bonds is 12. The summed E-state index contributed by atoms with van der Waals surface area (Å²) in [6, 6.07) is 34.4. The number of nitrogens with zero attached hydrogens (tertiary/aromatic N) is 8. The van der Waals surface area contributed by atoms with Crippen molar-refractivity contribution in [3.8, 4) is 23.0 Å². The first kappa shape index (κ1) is 51.5. The first-order valence-electron chi connectivity index (χ1n) is 21.7. The SMILES string of the molecule is O=C(O)c1ccc(N=Nc2cc3c(O)c(c2)Sc2cc(N=Nc4ccc(C(=O)O)cc4)cc(c2O)Sc2cc(N=Nc4ccc(C(=O)O)cc4)cc(c2O)Sc2cc(N=Nc4ccc(C(=O)O)cc4)cc(c2O)S3)cc1. The Labute approximate surface area is 445 Å². The van der Waals surface area contributed by atoms with Gasteiger partial charge in [0.1, 0.15) is 23.0 Å². The number of fused-ring (bicyclic) bond motifs is 8. The van der Waals surface area contributed by atoms with Crippen LogP contribution >= 0.6 is 47.0 Å². The largest absolute Gasteiger partial charge is 0.506 e. The molecular formula is C52H32N8O12S4. The van der Waals surface area contributed by atoms with Crippen LogP contribution in [0.5, 0.6) is 23.0 Å². The molecule has 0 amide bonds. The Hall–Kier alpha value is -9.36. The summed E-state index contributed by atoms with van der Waals surface area (Å²) < 4.78 is 0. The molecule has 0 aromatic heterocycles. The fourth-order valence-electron chi connectivity index (χ4n) is 6.75. The van der Waals surface area contributed by atoms with Gasteiger partial charge in [-0.05, 0) is 146 Å². The average Bonchev–Trinajstić information content (AvgIpc) is 3.41. The summed E-state index contributed by atoms with van der Waals surface area (Å²) >= 11 is 3.55. The molecule has 1 aliphatic heterocycles. The van der Waals surface area contributed by atoms with E-state index in [2.05, 4.69) is 40.9 Å². The van der Waals surface area contributed by atoms with Crippen molar-refractivity contribution in [2.24, 2.45) is 40.9 Å². The number of carboxylic acids is 4. The van der Waals surface area contributed by atoms with Gasteiger partial charge in [0.25, 0.3) is 0 Å². The lowest BCUT2D eigenvalue weighted by molar-refractivity contribution is 0.0686. The molecule has 1 heterocycles. The van der Waals surface area contributed by atoms with Crippen LogP contribution in [0.1, 0.15) is 41.4 Å². The van der Waals surface area contributed by atoms with Gasteiger partial charge in [0.05, 0.1) is 107 Å². The van der Waals surface area contributed by atoms with Gasteiger partial charge in [-0.25, -0.2) is 19.2 Å². The molecule has 8 N–H and O–H groups in total. The molecule has 0 atom stereocenters. The lowest BCUT2D eigenvalue weighted by atomic mass is 10.2. The normalized spacial score (nSPS) is 12.4. The predicted molar refractivity (Wildman–Crippen MR) is 279 cm³/mol. The van der Waals surface area contributed by atoms with Gasteiger partial charge in [0.2, 0.25) is 0 Å². The molecule has 0 fully saturated rings. The Bertz CT molecular complexity index is 3180. The van der Waals surface area contributed by atoms with Crippen LogP contribution in [-0.2, 0) is 0 Å². The fourth-order valence-corrected chi connectivity index (χ4v) is 11.0.